The van der Waals surface area contributed by atoms with Crippen molar-refractivity contribution in [2.45, 2.75) is 4.90 Å². The highest BCUT2D eigenvalue weighted by Gasteiger charge is 2.43. The quantitative estimate of drug-likeness (QED) is 0.640. The maximum atomic E-state index is 14.4. The van der Waals surface area contributed by atoms with Crippen molar-refractivity contribution in [2.75, 3.05) is 4.72 Å². The summed E-state index contributed by atoms with van der Waals surface area (Å²) in [6.07, 6.45) is 0. The monoisotopic (exact) mass is 387 g/mol. The maximum Gasteiger partial charge on any atom is 0.435 e. The number of nitrogens with one attached hydrogen (secondary N) is 1. The molecular weight excluding hydrogens is 375 g/mol. The van der Waals surface area contributed by atoms with Crippen LogP contribution in [-0.2, 0) is 9.92 Å². The normalized spacial score (nSPS) is 18.3. The summed E-state index contributed by atoms with van der Waals surface area (Å²) < 4.78 is 32.2. The molecule has 7 heteroatoms. The molecule has 0 saturated carbocycles. The van der Waals surface area contributed by atoms with Crippen LogP contribution in [0.15, 0.2) is 77.7 Å². The Hall–Kier alpha value is -2.70. The fourth-order valence-electron chi connectivity index (χ4n) is 2.84. The summed E-state index contributed by atoms with van der Waals surface area (Å²) in [7, 11) is -3.43. The zero-order valence-corrected chi connectivity index (χ0v) is 14.9. The number of anilines is 1. The molecule has 1 unspecified atom stereocenters. The highest BCUT2D eigenvalue weighted by Crippen LogP contribution is 2.39. The number of hydrogen-bond acceptors (Lipinski definition) is 2. The van der Waals surface area contributed by atoms with Crippen molar-refractivity contribution in [3.8, 4) is 0 Å². The zero-order chi connectivity index (χ0) is 18.3. The SMILES string of the molecule is O=C(c1ccccc1)[N+]1=S(=O)(c2ccccc2F)Nc2ccc(Cl)cc21. The number of halogens is 2. The molecule has 130 valence electrons. The number of benzene rings is 3. The van der Waals surface area contributed by atoms with Gasteiger partial charge in [-0.15, -0.1) is 0 Å². The highest BCUT2D eigenvalue weighted by molar-refractivity contribution is 7.93. The van der Waals surface area contributed by atoms with Crippen molar-refractivity contribution in [1.82, 2.24) is 0 Å². The van der Waals surface area contributed by atoms with E-state index in [1.165, 1.54) is 24.3 Å². The second-order valence-electron chi connectivity index (χ2n) is 5.69. The summed E-state index contributed by atoms with van der Waals surface area (Å²) in [4.78, 5) is 13.1. The molecule has 1 atom stereocenters. The number of carbonyl (C=O) groups is 1. The van der Waals surface area contributed by atoms with Crippen LogP contribution >= 0.6 is 11.6 Å². The molecule has 0 radical (unpaired) electrons. The molecule has 0 bridgehead atoms. The molecule has 26 heavy (non-hydrogen) atoms. The van der Waals surface area contributed by atoms with Crippen molar-refractivity contribution in [1.29, 1.82) is 0 Å². The molecule has 1 aliphatic heterocycles. The Bertz CT molecular complexity index is 1160. The van der Waals surface area contributed by atoms with Gasteiger partial charge in [0, 0.05) is 11.1 Å². The highest BCUT2D eigenvalue weighted by atomic mass is 35.5. The van der Waals surface area contributed by atoms with Gasteiger partial charge in [0.1, 0.15) is 16.4 Å². The Morgan fingerprint density at radius 1 is 1.00 bits per heavy atom. The summed E-state index contributed by atoms with van der Waals surface area (Å²) in [5.41, 5.74) is 1.14. The summed E-state index contributed by atoms with van der Waals surface area (Å²) in [6, 6.07) is 18.9. The van der Waals surface area contributed by atoms with Crippen LogP contribution in [0, 0.1) is 5.82 Å². The van der Waals surface area contributed by atoms with E-state index in [1.54, 1.807) is 48.5 Å². The second kappa shape index (κ2) is 6.23. The lowest BCUT2D eigenvalue weighted by atomic mass is 10.2. The Labute approximate surface area is 155 Å². The number of carbonyl (C=O) groups excluding carboxylic acids is 1. The third-order valence-corrected chi connectivity index (χ3v) is 6.56. The number of nitrogens with zero attached hydrogens (tertiary/aromatic N) is 1. The average molecular weight is 388 g/mol. The fraction of sp³-hybridized carbons (Fsp3) is 0. The van der Waals surface area contributed by atoms with Gasteiger partial charge in [0.2, 0.25) is 0 Å². The van der Waals surface area contributed by atoms with Crippen LogP contribution in [0.25, 0.3) is 0 Å². The Morgan fingerprint density at radius 3 is 2.42 bits per heavy atom. The molecule has 0 saturated heterocycles. The van der Waals surface area contributed by atoms with Gasteiger partial charge in [0.05, 0.1) is 5.56 Å². The van der Waals surface area contributed by atoms with E-state index in [-0.39, 0.29) is 4.90 Å². The van der Waals surface area contributed by atoms with Crippen molar-refractivity contribution in [3.05, 3.63) is 89.2 Å². The Balaban J connectivity index is 2.06. The van der Waals surface area contributed by atoms with Gasteiger partial charge in [-0.2, -0.15) is 4.21 Å². The lowest BCUT2D eigenvalue weighted by Gasteiger charge is -2.05. The van der Waals surface area contributed by atoms with Crippen LogP contribution in [0.4, 0.5) is 15.8 Å². The number of fused-ring (bicyclic) bond motifs is 1. The van der Waals surface area contributed by atoms with E-state index in [0.717, 1.165) is 3.95 Å². The van der Waals surface area contributed by atoms with Gasteiger partial charge in [0.15, 0.2) is 0 Å². The van der Waals surface area contributed by atoms with Gasteiger partial charge < -0.3 is 0 Å². The van der Waals surface area contributed by atoms with Gasteiger partial charge in [-0.1, -0.05) is 45.9 Å². The number of amides is 1. The smallest absolute Gasteiger partial charge is 0.255 e. The molecule has 3 aromatic carbocycles. The first-order valence-electron chi connectivity index (χ1n) is 7.76. The van der Waals surface area contributed by atoms with E-state index in [0.29, 0.717) is 22.0 Å². The van der Waals surface area contributed by atoms with Gasteiger partial charge in [0.25, 0.3) is 15.6 Å². The van der Waals surface area contributed by atoms with E-state index in [4.69, 9.17) is 11.6 Å². The Morgan fingerprint density at radius 2 is 1.69 bits per heavy atom. The zero-order valence-electron chi connectivity index (χ0n) is 13.4. The first kappa shape index (κ1) is 16.8. The summed E-state index contributed by atoms with van der Waals surface area (Å²) >= 11 is 6.08. The molecule has 4 nitrogen and oxygen atoms in total. The molecule has 3 aromatic rings. The van der Waals surface area contributed by atoms with Crippen molar-refractivity contribution >= 4 is 38.8 Å². The summed E-state index contributed by atoms with van der Waals surface area (Å²) in [6.45, 7) is 0. The van der Waals surface area contributed by atoms with Gasteiger partial charge in [-0.25, -0.2) is 9.18 Å². The minimum atomic E-state index is -3.43. The van der Waals surface area contributed by atoms with Crippen LogP contribution < -0.4 is 4.72 Å². The topological polar surface area (TPSA) is 49.2 Å². The maximum absolute atomic E-state index is 14.4. The average Bonchev–Trinajstić information content (AvgIpc) is 2.94. The Kier molecular flexibility index (Phi) is 4.01. The molecule has 0 fully saturated rings. The van der Waals surface area contributed by atoms with Crippen LogP contribution in [0.3, 0.4) is 0 Å². The standard InChI is InChI=1S/C19H12ClFN2O2S/c20-14-10-11-16-17(12-14)23(19(24)13-6-2-1-3-7-13)26(25,22-16)18-9-5-4-8-15(18)21/h1-12H/p+1. The fourth-order valence-corrected chi connectivity index (χ4v) is 5.24. The number of rotatable bonds is 2. The van der Waals surface area contributed by atoms with E-state index in [9.17, 15) is 13.4 Å². The molecule has 1 N–H and O–H groups in total. The van der Waals surface area contributed by atoms with Crippen LogP contribution in [0.1, 0.15) is 10.4 Å². The predicted octanol–water partition coefficient (Wildman–Crippen LogP) is 4.83. The first-order valence-corrected chi connectivity index (χ1v) is 9.66. The minimum Gasteiger partial charge on any atom is -0.255 e. The third-order valence-electron chi connectivity index (χ3n) is 4.02. The van der Waals surface area contributed by atoms with Gasteiger partial charge >= 0.3 is 5.91 Å². The van der Waals surface area contributed by atoms with Crippen LogP contribution in [-0.4, -0.2) is 14.1 Å². The molecule has 1 heterocycles. The van der Waals surface area contributed by atoms with Gasteiger partial charge in [-0.3, -0.25) is 4.72 Å². The van der Waals surface area contributed by atoms with Crippen molar-refractivity contribution in [2.24, 2.45) is 0 Å². The minimum absolute atomic E-state index is 0.0865. The van der Waals surface area contributed by atoms with E-state index < -0.39 is 21.6 Å². The molecule has 1 amide bonds. The molecule has 0 spiro atoms. The molecule has 1 aliphatic rings. The largest absolute Gasteiger partial charge is 0.435 e. The van der Waals surface area contributed by atoms with Crippen LogP contribution in [0.5, 0.6) is 0 Å². The molecule has 0 aliphatic carbocycles. The van der Waals surface area contributed by atoms with Crippen molar-refractivity contribution < 1.29 is 17.3 Å². The molecule has 0 aromatic heterocycles. The summed E-state index contributed by atoms with van der Waals surface area (Å²) in [5, 5.41) is 0.383. The molecule has 4 rings (SSSR count). The lowest BCUT2D eigenvalue weighted by molar-refractivity contribution is -0.307. The van der Waals surface area contributed by atoms with Crippen molar-refractivity contribution in [3.63, 3.8) is 0 Å². The predicted molar refractivity (Wildman–Crippen MR) is 98.6 cm³/mol. The first-order chi connectivity index (χ1) is 12.5. The third kappa shape index (κ3) is 2.58. The van der Waals surface area contributed by atoms with Gasteiger partial charge in [-0.05, 0) is 36.4 Å². The second-order valence-corrected chi connectivity index (χ2v) is 8.18. The van der Waals surface area contributed by atoms with E-state index in [2.05, 4.69) is 4.72 Å². The summed E-state index contributed by atoms with van der Waals surface area (Å²) in [5.74, 6) is -1.16. The lowest BCUT2D eigenvalue weighted by Crippen LogP contribution is -2.25. The van der Waals surface area contributed by atoms with Crippen LogP contribution in [0.2, 0.25) is 5.02 Å². The van der Waals surface area contributed by atoms with E-state index in [1.807, 2.05) is 0 Å². The number of hydrogen-bond donors (Lipinski definition) is 1. The van der Waals surface area contributed by atoms with E-state index >= 15 is 0 Å². The molecular formula is C19H13ClFN2O2S+.